The molecule has 7 rings (SSSR count). The number of benzene rings is 3. The topological polar surface area (TPSA) is 98.3 Å². The van der Waals surface area contributed by atoms with Gasteiger partial charge < -0.3 is 24.0 Å². The number of nitrogens with zero attached hydrogens (tertiary/aromatic N) is 6. The van der Waals surface area contributed by atoms with Gasteiger partial charge in [0.2, 0.25) is 0 Å². The van der Waals surface area contributed by atoms with Crippen molar-refractivity contribution in [2.24, 2.45) is 0 Å². The molecule has 4 heterocycles. The maximum absolute atomic E-state index is 14.6. The first-order valence-electron chi connectivity index (χ1n) is 17.4. The van der Waals surface area contributed by atoms with Crippen molar-refractivity contribution in [1.29, 1.82) is 0 Å². The van der Waals surface area contributed by atoms with Crippen molar-refractivity contribution in [2.45, 2.75) is 53.1 Å². The summed E-state index contributed by atoms with van der Waals surface area (Å²) < 4.78 is 18.1. The van der Waals surface area contributed by atoms with E-state index in [9.17, 15) is 14.4 Å². The van der Waals surface area contributed by atoms with Crippen LogP contribution in [0.25, 0.3) is 0 Å². The summed E-state index contributed by atoms with van der Waals surface area (Å²) in [5.41, 5.74) is 7.08. The molecule has 50 heavy (non-hydrogen) atoms. The van der Waals surface area contributed by atoms with E-state index in [0.717, 1.165) is 40.7 Å². The smallest absolute Gasteiger partial charge is 0.329 e. The number of hydrogen-bond acceptors (Lipinski definition) is 6. The summed E-state index contributed by atoms with van der Waals surface area (Å²) in [7, 11) is 4.82. The fourth-order valence-electron chi connectivity index (χ4n) is 8.00. The van der Waals surface area contributed by atoms with E-state index in [1.165, 1.54) is 0 Å². The van der Waals surface area contributed by atoms with Crippen molar-refractivity contribution in [3.05, 3.63) is 64.2 Å². The molecule has 3 aromatic carbocycles. The van der Waals surface area contributed by atoms with Gasteiger partial charge in [-0.15, -0.1) is 0 Å². The number of anilines is 4. The van der Waals surface area contributed by atoms with Crippen LogP contribution in [0, 0.1) is 20.8 Å². The molecule has 0 spiro atoms. The number of fused-ring (bicyclic) bond motifs is 16. The third kappa shape index (κ3) is 5.70. The normalized spacial score (nSPS) is 18.0. The van der Waals surface area contributed by atoms with Gasteiger partial charge in [-0.25, -0.2) is 14.4 Å². The molecule has 3 saturated heterocycles. The zero-order valence-corrected chi connectivity index (χ0v) is 29.9. The maximum atomic E-state index is 14.6. The van der Waals surface area contributed by atoms with E-state index in [-0.39, 0.29) is 18.1 Å². The summed E-state index contributed by atoms with van der Waals surface area (Å²) in [6.45, 7) is 9.81. The first-order chi connectivity index (χ1) is 24.1. The van der Waals surface area contributed by atoms with Crippen LogP contribution in [0.4, 0.5) is 37.1 Å². The minimum Gasteiger partial charge on any atom is -0.496 e. The van der Waals surface area contributed by atoms with Gasteiger partial charge in [0.1, 0.15) is 5.75 Å². The average molecular weight is 683 g/mol. The van der Waals surface area contributed by atoms with Crippen molar-refractivity contribution in [2.75, 3.05) is 80.2 Å². The molecule has 264 valence electrons. The third-order valence-corrected chi connectivity index (χ3v) is 10.1. The standard InChI is InChI=1S/C38H46N6O6/c1-24-16-27-22-39-10-7-12-41(36(39)45)29-18-25(2)20-31(34(29)49-5)43-14-9-15-44(38(43)47)32-21-26(3)19-30(35(32)50-6)42-13-8-11-40(37(42)46)23-28(17-24)33(27)48-4/h16-21H,7-15,22-23H2,1-6H3. The Morgan fingerprint density at radius 3 is 1.12 bits per heavy atom. The van der Waals surface area contributed by atoms with Gasteiger partial charge in [-0.05, 0) is 75.4 Å². The van der Waals surface area contributed by atoms with Crippen molar-refractivity contribution in [1.82, 2.24) is 9.80 Å². The number of carbonyl (C=O) groups excluding carboxylic acids is 3. The van der Waals surface area contributed by atoms with Crippen molar-refractivity contribution in [3.63, 3.8) is 0 Å². The molecule has 12 heteroatoms. The van der Waals surface area contributed by atoms with Gasteiger partial charge in [-0.2, -0.15) is 0 Å². The minimum atomic E-state index is -0.227. The van der Waals surface area contributed by atoms with Gasteiger partial charge >= 0.3 is 18.1 Å². The molecule has 0 N–H and O–H groups in total. The molecule has 3 fully saturated rings. The summed E-state index contributed by atoms with van der Waals surface area (Å²) in [5, 5.41) is 0. The van der Waals surface area contributed by atoms with Gasteiger partial charge in [0.25, 0.3) is 0 Å². The Kier molecular flexibility index (Phi) is 8.87. The second-order valence-corrected chi connectivity index (χ2v) is 13.6. The highest BCUT2D eigenvalue weighted by atomic mass is 16.5. The summed E-state index contributed by atoms with van der Waals surface area (Å²) in [5.74, 6) is 1.63. The van der Waals surface area contributed by atoms with E-state index < -0.39 is 0 Å². The van der Waals surface area contributed by atoms with Crippen molar-refractivity contribution >= 4 is 40.8 Å². The van der Waals surface area contributed by atoms with Gasteiger partial charge in [-0.1, -0.05) is 17.7 Å². The zero-order chi connectivity index (χ0) is 35.3. The number of amides is 6. The fraction of sp³-hybridized carbons (Fsp3) is 0.447. The predicted molar refractivity (Wildman–Crippen MR) is 193 cm³/mol. The van der Waals surface area contributed by atoms with E-state index in [1.807, 2.05) is 54.8 Å². The predicted octanol–water partition coefficient (Wildman–Crippen LogP) is 6.45. The van der Waals surface area contributed by atoms with E-state index in [1.54, 1.807) is 40.9 Å². The zero-order valence-electron chi connectivity index (χ0n) is 29.9. The van der Waals surface area contributed by atoms with Crippen LogP contribution in [0.3, 0.4) is 0 Å². The van der Waals surface area contributed by atoms with Crippen LogP contribution in [0.2, 0.25) is 0 Å². The van der Waals surface area contributed by atoms with Gasteiger partial charge in [-0.3, -0.25) is 19.6 Å². The van der Waals surface area contributed by atoms with Crippen LogP contribution in [-0.4, -0.2) is 88.5 Å². The summed E-state index contributed by atoms with van der Waals surface area (Å²) in [4.78, 5) is 53.9. The van der Waals surface area contributed by atoms with Gasteiger partial charge in [0.05, 0.1) is 57.2 Å². The van der Waals surface area contributed by atoms with Crippen LogP contribution in [0.1, 0.15) is 47.1 Å². The molecular formula is C38H46N6O6. The molecule has 4 aliphatic rings. The highest BCUT2D eigenvalue weighted by Crippen LogP contribution is 2.45. The third-order valence-electron chi connectivity index (χ3n) is 10.1. The van der Waals surface area contributed by atoms with Crippen molar-refractivity contribution < 1.29 is 28.6 Å². The lowest BCUT2D eigenvalue weighted by Gasteiger charge is -2.40. The van der Waals surface area contributed by atoms with Crippen LogP contribution >= 0.6 is 0 Å². The highest BCUT2D eigenvalue weighted by Gasteiger charge is 2.38. The number of hydrogen-bond donors (Lipinski definition) is 0. The molecular weight excluding hydrogens is 636 g/mol. The summed E-state index contributed by atoms with van der Waals surface area (Å²) >= 11 is 0. The van der Waals surface area contributed by atoms with Crippen LogP contribution in [0.15, 0.2) is 36.4 Å². The number of ether oxygens (including phenoxy) is 3. The number of urea groups is 3. The molecule has 3 aromatic rings. The summed E-state index contributed by atoms with van der Waals surface area (Å²) in [6, 6.07) is 11.4. The number of aryl methyl sites for hydroxylation is 3. The number of carbonyl (C=O) groups is 3. The van der Waals surface area contributed by atoms with Gasteiger partial charge in [0.15, 0.2) is 11.5 Å². The monoisotopic (exact) mass is 682 g/mol. The Balaban J connectivity index is 1.44. The molecule has 0 atom stereocenters. The largest absolute Gasteiger partial charge is 0.496 e. The minimum absolute atomic E-state index is 0.143. The van der Waals surface area contributed by atoms with Crippen molar-refractivity contribution in [3.8, 4) is 17.2 Å². The maximum Gasteiger partial charge on any atom is 0.329 e. The SMILES string of the molecule is COc1c2cc(C)cc1CN1CCCN(C1=O)c1cc(C)cc(c1OC)N1CCCN(C1=O)c1cc(C)cc(c1OC)N1CCCN(C2)C1=O. The first kappa shape index (κ1) is 33.4. The quantitative estimate of drug-likeness (QED) is 0.315. The molecule has 0 unspecified atom stereocenters. The Hall–Kier alpha value is -5.13. The lowest BCUT2D eigenvalue weighted by Crippen LogP contribution is -2.51. The molecule has 0 aromatic heterocycles. The Morgan fingerprint density at radius 2 is 0.760 bits per heavy atom. The second-order valence-electron chi connectivity index (χ2n) is 13.6. The highest BCUT2D eigenvalue weighted by molar-refractivity contribution is 6.08. The second kappa shape index (κ2) is 13.3. The van der Waals surface area contributed by atoms with Crippen LogP contribution in [0.5, 0.6) is 17.2 Å². The first-order valence-corrected chi connectivity index (χ1v) is 17.4. The Labute approximate surface area is 293 Å². The molecule has 6 amide bonds. The van der Waals surface area contributed by atoms with E-state index in [4.69, 9.17) is 14.2 Å². The summed E-state index contributed by atoms with van der Waals surface area (Å²) in [6.07, 6.45) is 2.20. The number of methoxy groups -OCH3 is 3. The fourth-order valence-corrected chi connectivity index (χ4v) is 8.00. The molecule has 12 bridgehead atoms. The molecule has 12 nitrogen and oxygen atoms in total. The average Bonchev–Trinajstić information content (AvgIpc) is 3.09. The molecule has 0 aliphatic carbocycles. The van der Waals surface area contributed by atoms with Crippen LogP contribution in [-0.2, 0) is 13.1 Å². The van der Waals surface area contributed by atoms with E-state index in [0.29, 0.717) is 98.8 Å². The van der Waals surface area contributed by atoms with E-state index in [2.05, 4.69) is 12.1 Å². The molecule has 4 aliphatic heterocycles. The molecule has 0 radical (unpaired) electrons. The number of rotatable bonds is 3. The Morgan fingerprint density at radius 1 is 0.440 bits per heavy atom. The molecule has 0 saturated carbocycles. The lowest BCUT2D eigenvalue weighted by molar-refractivity contribution is 0.190. The van der Waals surface area contributed by atoms with Gasteiger partial charge in [0, 0.05) is 50.4 Å². The lowest BCUT2D eigenvalue weighted by atomic mass is 10.0. The van der Waals surface area contributed by atoms with E-state index >= 15 is 0 Å². The van der Waals surface area contributed by atoms with Crippen LogP contribution < -0.4 is 33.8 Å². The Bertz CT molecular complexity index is 1740.